The fourth-order valence-electron chi connectivity index (χ4n) is 2.31. The van der Waals surface area contributed by atoms with Gasteiger partial charge in [-0.15, -0.1) is 0 Å². The highest BCUT2D eigenvalue weighted by Crippen LogP contribution is 2.34. The molecule has 0 radical (unpaired) electrons. The van der Waals surface area contributed by atoms with Gasteiger partial charge in [-0.3, -0.25) is 4.31 Å². The van der Waals surface area contributed by atoms with Crippen molar-refractivity contribution in [2.45, 2.75) is 11.3 Å². The number of halogens is 1. The normalized spacial score (nSPS) is 12.9. The molecule has 0 unspecified atom stereocenters. The molecular weight excluding hydrogens is 326 g/mol. The fraction of sp³-hybridized carbons (Fsp3) is 0.133. The molecule has 0 aliphatic carbocycles. The van der Waals surface area contributed by atoms with Crippen LogP contribution in [0.25, 0.3) is 0 Å². The molecule has 1 aliphatic heterocycles. The van der Waals surface area contributed by atoms with Crippen LogP contribution in [0.3, 0.4) is 0 Å². The number of hydrogen-bond acceptors (Lipinski definition) is 4. The highest BCUT2D eigenvalue weighted by Gasteiger charge is 2.30. The fourth-order valence-corrected chi connectivity index (χ4v) is 4.03. The van der Waals surface area contributed by atoms with Gasteiger partial charge in [-0.05, 0) is 42.3 Å². The minimum atomic E-state index is -3.47. The van der Waals surface area contributed by atoms with Crippen LogP contribution in [0.5, 0.6) is 0 Å². The molecule has 0 saturated carbocycles. The summed E-state index contributed by atoms with van der Waals surface area (Å²) in [5, 5.41) is 0.637. The summed E-state index contributed by atoms with van der Waals surface area (Å²) in [7, 11) is -3.47. The van der Waals surface area contributed by atoms with Crippen molar-refractivity contribution in [3.05, 3.63) is 59.1 Å². The molecule has 0 fully saturated rings. The van der Waals surface area contributed by atoms with E-state index in [1.165, 1.54) is 4.31 Å². The van der Waals surface area contributed by atoms with Gasteiger partial charge in [-0.1, -0.05) is 29.8 Å². The molecule has 2 aromatic rings. The van der Waals surface area contributed by atoms with Crippen LogP contribution in [0, 0.1) is 0 Å². The van der Waals surface area contributed by atoms with Crippen molar-refractivity contribution in [3.63, 3.8) is 0 Å². The Morgan fingerprint density at radius 1 is 1.05 bits per heavy atom. The minimum absolute atomic E-state index is 0.250. The smallest absolute Gasteiger partial charge is 0.266 e. The van der Waals surface area contributed by atoms with Crippen molar-refractivity contribution in [1.82, 2.24) is 0 Å². The van der Waals surface area contributed by atoms with Crippen LogP contribution in [0.2, 0.25) is 5.02 Å². The number of benzene rings is 2. The first-order valence-corrected chi connectivity index (χ1v) is 8.18. The second kappa shape index (κ2) is 6.75. The number of hydrogen-bond donors (Lipinski definition) is 0. The van der Waals surface area contributed by atoms with Crippen LogP contribution < -0.4 is 4.31 Å². The number of anilines is 1. The first-order valence-electron chi connectivity index (χ1n) is 6.36. The molecule has 0 saturated heterocycles. The van der Waals surface area contributed by atoms with Crippen LogP contribution in [0.1, 0.15) is 5.56 Å². The number of rotatable bonds is 2. The summed E-state index contributed by atoms with van der Waals surface area (Å²) in [6.07, 6.45) is 0.946. The summed E-state index contributed by atoms with van der Waals surface area (Å²) in [5.41, 5.74) is 1.71. The molecule has 2 aromatic carbocycles. The van der Waals surface area contributed by atoms with E-state index in [0.29, 0.717) is 22.9 Å². The maximum Gasteiger partial charge on any atom is 0.373 e. The Bertz CT molecular complexity index is 800. The maximum atomic E-state index is 12.6. The standard InChI is InChI=1S/C14H12ClNO2S.CO2/c15-12-6-7-14-11(10-12)8-9-16(14)19(17,18)13-4-2-1-3-5-13;2-1-3/h1-7,10H,8-9H2;. The molecule has 0 amide bonds. The first kappa shape index (κ1) is 16.2. The molecule has 5 nitrogen and oxygen atoms in total. The van der Waals surface area contributed by atoms with Crippen molar-refractivity contribution in [1.29, 1.82) is 0 Å². The van der Waals surface area contributed by atoms with Crippen molar-refractivity contribution < 1.29 is 18.0 Å². The molecule has 1 heterocycles. The molecule has 114 valence electrons. The average molecular weight is 338 g/mol. The van der Waals surface area contributed by atoms with Gasteiger partial charge in [0.2, 0.25) is 0 Å². The summed E-state index contributed by atoms with van der Waals surface area (Å²) >= 11 is 5.93. The third-order valence-corrected chi connectivity index (χ3v) is 5.29. The van der Waals surface area contributed by atoms with Gasteiger partial charge in [0.15, 0.2) is 0 Å². The lowest BCUT2D eigenvalue weighted by Crippen LogP contribution is -2.28. The summed E-state index contributed by atoms with van der Waals surface area (Å²) < 4.78 is 26.6. The van der Waals surface area contributed by atoms with E-state index in [-0.39, 0.29) is 6.15 Å². The van der Waals surface area contributed by atoms with E-state index in [0.717, 1.165) is 11.3 Å². The maximum absolute atomic E-state index is 12.6. The zero-order valence-electron chi connectivity index (χ0n) is 11.4. The van der Waals surface area contributed by atoms with E-state index in [1.807, 2.05) is 6.07 Å². The van der Waals surface area contributed by atoms with Gasteiger partial charge in [0, 0.05) is 11.6 Å². The minimum Gasteiger partial charge on any atom is -0.266 e. The van der Waals surface area contributed by atoms with E-state index in [9.17, 15) is 8.42 Å². The van der Waals surface area contributed by atoms with E-state index in [4.69, 9.17) is 21.2 Å². The quantitative estimate of drug-likeness (QED) is 0.844. The Hall–Kier alpha value is -2.14. The Balaban J connectivity index is 0.000000545. The van der Waals surface area contributed by atoms with Gasteiger partial charge in [-0.2, -0.15) is 9.59 Å². The van der Waals surface area contributed by atoms with Crippen LogP contribution in [0.4, 0.5) is 5.69 Å². The average Bonchev–Trinajstić information content (AvgIpc) is 2.92. The Labute approximate surface area is 133 Å². The Kier molecular flexibility index (Phi) is 4.98. The zero-order chi connectivity index (χ0) is 16.2. The number of sulfonamides is 1. The zero-order valence-corrected chi connectivity index (χ0v) is 13.0. The predicted octanol–water partition coefficient (Wildman–Crippen LogP) is 2.51. The van der Waals surface area contributed by atoms with Crippen molar-refractivity contribution in [2.75, 3.05) is 10.8 Å². The number of fused-ring (bicyclic) bond motifs is 1. The Morgan fingerprint density at radius 2 is 1.68 bits per heavy atom. The van der Waals surface area contributed by atoms with Gasteiger partial charge in [0.25, 0.3) is 10.0 Å². The second-order valence-electron chi connectivity index (χ2n) is 4.50. The SMILES string of the molecule is O=C=O.O=S(=O)(c1ccccc1)N1CCc2cc(Cl)ccc21. The lowest BCUT2D eigenvalue weighted by atomic mass is 10.2. The summed E-state index contributed by atoms with van der Waals surface area (Å²) in [6, 6.07) is 13.8. The Morgan fingerprint density at radius 3 is 2.32 bits per heavy atom. The largest absolute Gasteiger partial charge is 0.373 e. The molecule has 0 bridgehead atoms. The van der Waals surface area contributed by atoms with Crippen LogP contribution in [0.15, 0.2) is 53.4 Å². The molecule has 3 rings (SSSR count). The molecule has 0 aromatic heterocycles. The molecule has 0 atom stereocenters. The highest BCUT2D eigenvalue weighted by atomic mass is 35.5. The van der Waals surface area contributed by atoms with E-state index in [1.54, 1.807) is 42.5 Å². The lowest BCUT2D eigenvalue weighted by molar-refractivity contribution is -0.191. The topological polar surface area (TPSA) is 71.5 Å². The van der Waals surface area contributed by atoms with Gasteiger partial charge in [-0.25, -0.2) is 8.42 Å². The molecule has 22 heavy (non-hydrogen) atoms. The summed E-state index contributed by atoms with van der Waals surface area (Å²) in [4.78, 5) is 16.6. The molecule has 7 heteroatoms. The highest BCUT2D eigenvalue weighted by molar-refractivity contribution is 7.92. The third-order valence-electron chi connectivity index (χ3n) is 3.23. The number of nitrogens with zero attached hydrogens (tertiary/aromatic N) is 1. The molecule has 1 aliphatic rings. The second-order valence-corrected chi connectivity index (χ2v) is 6.80. The van der Waals surface area contributed by atoms with Crippen molar-refractivity contribution in [3.8, 4) is 0 Å². The van der Waals surface area contributed by atoms with E-state index in [2.05, 4.69) is 0 Å². The lowest BCUT2D eigenvalue weighted by Gasteiger charge is -2.19. The molecule has 0 N–H and O–H groups in total. The molecule has 0 spiro atoms. The predicted molar refractivity (Wildman–Crippen MR) is 81.1 cm³/mol. The summed E-state index contributed by atoms with van der Waals surface area (Å²) in [6.45, 7) is 0.465. The van der Waals surface area contributed by atoms with E-state index >= 15 is 0 Å². The van der Waals surface area contributed by atoms with Crippen LogP contribution in [-0.2, 0) is 26.0 Å². The van der Waals surface area contributed by atoms with Crippen LogP contribution >= 0.6 is 11.6 Å². The summed E-state index contributed by atoms with van der Waals surface area (Å²) in [5.74, 6) is 0. The van der Waals surface area contributed by atoms with Crippen molar-refractivity contribution in [2.24, 2.45) is 0 Å². The van der Waals surface area contributed by atoms with Crippen molar-refractivity contribution >= 4 is 33.5 Å². The van der Waals surface area contributed by atoms with Gasteiger partial charge < -0.3 is 0 Å². The third kappa shape index (κ3) is 3.20. The van der Waals surface area contributed by atoms with Gasteiger partial charge in [0.05, 0.1) is 10.6 Å². The van der Waals surface area contributed by atoms with Crippen LogP contribution in [-0.4, -0.2) is 21.1 Å². The van der Waals surface area contributed by atoms with E-state index < -0.39 is 10.0 Å². The number of carbonyl (C=O) groups excluding carboxylic acids is 2. The molecular formula is C15H12ClNO4S. The van der Waals surface area contributed by atoms with Gasteiger partial charge >= 0.3 is 6.15 Å². The van der Waals surface area contributed by atoms with Gasteiger partial charge in [0.1, 0.15) is 0 Å². The first-order chi connectivity index (χ1) is 10.5. The monoisotopic (exact) mass is 337 g/mol.